The summed E-state index contributed by atoms with van der Waals surface area (Å²) in [5.41, 5.74) is 0.913. The third kappa shape index (κ3) is 2.68. The molecule has 19 heavy (non-hydrogen) atoms. The number of para-hydroxylation sites is 1. The van der Waals surface area contributed by atoms with Gasteiger partial charge in [-0.3, -0.25) is 0 Å². The largest absolute Gasteiger partial charge is 0.474 e. The van der Waals surface area contributed by atoms with E-state index >= 15 is 0 Å². The van der Waals surface area contributed by atoms with E-state index in [9.17, 15) is 0 Å². The van der Waals surface area contributed by atoms with Gasteiger partial charge in [0, 0.05) is 6.61 Å². The average molecular weight is 258 g/mol. The molecule has 0 amide bonds. The molecule has 0 spiro atoms. The maximum atomic E-state index is 9.15. The summed E-state index contributed by atoms with van der Waals surface area (Å²) in [5, 5.41) is 10.1. The van der Waals surface area contributed by atoms with E-state index in [0.717, 1.165) is 36.6 Å². The van der Waals surface area contributed by atoms with Gasteiger partial charge in [-0.1, -0.05) is 12.1 Å². The van der Waals surface area contributed by atoms with Crippen molar-refractivity contribution in [3.8, 4) is 5.88 Å². The summed E-state index contributed by atoms with van der Waals surface area (Å²) in [4.78, 5) is 8.49. The summed E-state index contributed by atoms with van der Waals surface area (Å²) >= 11 is 0. The van der Waals surface area contributed by atoms with Crippen LogP contribution < -0.4 is 4.74 Å². The summed E-state index contributed by atoms with van der Waals surface area (Å²) < 4.78 is 6.03. The lowest BCUT2D eigenvalue weighted by molar-refractivity contribution is 0.102. The molecule has 1 aromatic carbocycles. The molecule has 1 N–H and O–H groups in total. The van der Waals surface area contributed by atoms with E-state index in [-0.39, 0.29) is 6.10 Å². The lowest BCUT2D eigenvalue weighted by Gasteiger charge is -2.27. The molecule has 1 saturated carbocycles. The predicted molar refractivity (Wildman–Crippen MR) is 73.0 cm³/mol. The highest BCUT2D eigenvalue weighted by atomic mass is 16.5. The van der Waals surface area contributed by atoms with Crippen LogP contribution in [0.3, 0.4) is 0 Å². The van der Waals surface area contributed by atoms with Crippen molar-refractivity contribution in [2.75, 3.05) is 6.61 Å². The molecule has 1 aliphatic carbocycles. The smallest absolute Gasteiger partial charge is 0.224 e. The first kappa shape index (κ1) is 12.4. The summed E-state index contributed by atoms with van der Waals surface area (Å²) in [7, 11) is 0. The van der Waals surface area contributed by atoms with Crippen molar-refractivity contribution in [2.45, 2.75) is 31.8 Å². The van der Waals surface area contributed by atoms with Gasteiger partial charge < -0.3 is 9.84 Å². The van der Waals surface area contributed by atoms with Crippen LogP contribution in [0.1, 0.15) is 25.7 Å². The van der Waals surface area contributed by atoms with Crippen LogP contribution in [0.5, 0.6) is 5.88 Å². The maximum Gasteiger partial charge on any atom is 0.224 e. The van der Waals surface area contributed by atoms with Crippen LogP contribution in [-0.2, 0) is 0 Å². The van der Waals surface area contributed by atoms with Gasteiger partial charge >= 0.3 is 0 Å². The molecule has 1 fully saturated rings. The van der Waals surface area contributed by atoms with E-state index in [1.807, 2.05) is 24.3 Å². The van der Waals surface area contributed by atoms with Crippen LogP contribution in [0.25, 0.3) is 10.9 Å². The number of nitrogens with zero attached hydrogens (tertiary/aromatic N) is 2. The van der Waals surface area contributed by atoms with Gasteiger partial charge in [-0.15, -0.1) is 0 Å². The van der Waals surface area contributed by atoms with Crippen LogP contribution in [0, 0.1) is 5.92 Å². The van der Waals surface area contributed by atoms with Crippen molar-refractivity contribution < 1.29 is 9.84 Å². The molecule has 0 atom stereocenters. The monoisotopic (exact) mass is 258 g/mol. The number of aliphatic hydroxyl groups is 1. The van der Waals surface area contributed by atoms with Crippen molar-refractivity contribution >= 4 is 10.9 Å². The molecule has 0 aliphatic heterocycles. The highest BCUT2D eigenvalue weighted by Gasteiger charge is 2.22. The fourth-order valence-electron chi connectivity index (χ4n) is 2.66. The van der Waals surface area contributed by atoms with Crippen LogP contribution in [0.2, 0.25) is 0 Å². The second-order valence-electron chi connectivity index (χ2n) is 5.14. The zero-order valence-electron chi connectivity index (χ0n) is 10.8. The molecule has 1 heterocycles. The Balaban J connectivity index is 1.75. The molecule has 0 unspecified atom stereocenters. The highest BCUT2D eigenvalue weighted by molar-refractivity contribution is 5.82. The number of hydrogen-bond acceptors (Lipinski definition) is 4. The normalized spacial score (nSPS) is 23.4. The molecule has 100 valence electrons. The van der Waals surface area contributed by atoms with Crippen LogP contribution in [0.4, 0.5) is 0 Å². The second kappa shape index (κ2) is 5.53. The number of aromatic nitrogens is 2. The third-order valence-electron chi connectivity index (χ3n) is 3.84. The number of benzene rings is 1. The molecule has 2 aromatic rings. The number of aliphatic hydroxyl groups excluding tert-OH is 1. The van der Waals surface area contributed by atoms with Crippen LogP contribution in [0.15, 0.2) is 30.6 Å². The minimum absolute atomic E-state index is 0.209. The van der Waals surface area contributed by atoms with Gasteiger partial charge in [-0.05, 0) is 43.7 Å². The van der Waals surface area contributed by atoms with Crippen molar-refractivity contribution in [3.63, 3.8) is 0 Å². The van der Waals surface area contributed by atoms with Crippen LogP contribution in [-0.4, -0.2) is 27.8 Å². The zero-order valence-corrected chi connectivity index (χ0v) is 10.8. The maximum absolute atomic E-state index is 9.15. The fraction of sp³-hybridized carbons (Fsp3) is 0.467. The van der Waals surface area contributed by atoms with Crippen LogP contribution >= 0.6 is 0 Å². The minimum Gasteiger partial charge on any atom is -0.474 e. The average Bonchev–Trinajstić information content (AvgIpc) is 2.48. The Kier molecular flexibility index (Phi) is 3.60. The number of rotatable bonds is 3. The van der Waals surface area contributed by atoms with Gasteiger partial charge in [0.15, 0.2) is 0 Å². The SMILES string of the molecule is OCC1CCC(Oc2ncnc3ccccc23)CC1. The van der Waals surface area contributed by atoms with Gasteiger partial charge in [0.1, 0.15) is 12.4 Å². The van der Waals surface area contributed by atoms with Gasteiger partial charge in [0.05, 0.1) is 10.9 Å². The third-order valence-corrected chi connectivity index (χ3v) is 3.84. The Hall–Kier alpha value is -1.68. The summed E-state index contributed by atoms with van der Waals surface area (Å²) in [6, 6.07) is 7.89. The molecule has 3 rings (SSSR count). The van der Waals surface area contributed by atoms with E-state index in [0.29, 0.717) is 18.4 Å². The van der Waals surface area contributed by atoms with Gasteiger partial charge in [0.25, 0.3) is 0 Å². The number of fused-ring (bicyclic) bond motifs is 1. The van der Waals surface area contributed by atoms with E-state index in [2.05, 4.69) is 9.97 Å². The minimum atomic E-state index is 0.209. The van der Waals surface area contributed by atoms with E-state index in [4.69, 9.17) is 9.84 Å². The Morgan fingerprint density at radius 3 is 2.68 bits per heavy atom. The van der Waals surface area contributed by atoms with Crippen molar-refractivity contribution in [2.24, 2.45) is 5.92 Å². The lowest BCUT2D eigenvalue weighted by Crippen LogP contribution is -2.25. The van der Waals surface area contributed by atoms with E-state index in [1.165, 1.54) is 0 Å². The Morgan fingerprint density at radius 1 is 1.11 bits per heavy atom. The van der Waals surface area contributed by atoms with Gasteiger partial charge in [-0.2, -0.15) is 0 Å². The summed E-state index contributed by atoms with van der Waals surface area (Å²) in [6.45, 7) is 0.295. The molecular formula is C15H18N2O2. The summed E-state index contributed by atoms with van der Waals surface area (Å²) in [5.74, 6) is 1.13. The van der Waals surface area contributed by atoms with E-state index < -0.39 is 0 Å². The van der Waals surface area contributed by atoms with Gasteiger partial charge in [0.2, 0.25) is 5.88 Å². The molecule has 1 aromatic heterocycles. The molecule has 0 saturated heterocycles. The topological polar surface area (TPSA) is 55.2 Å². The first-order valence-corrected chi connectivity index (χ1v) is 6.84. The second-order valence-corrected chi connectivity index (χ2v) is 5.14. The Bertz CT molecular complexity index is 545. The molecule has 4 heteroatoms. The standard InChI is InChI=1S/C15H18N2O2/c18-9-11-5-7-12(8-6-11)19-15-13-3-1-2-4-14(13)16-10-17-15/h1-4,10-12,18H,5-9H2. The molecule has 0 radical (unpaired) electrons. The molecular weight excluding hydrogens is 240 g/mol. The Morgan fingerprint density at radius 2 is 1.89 bits per heavy atom. The molecule has 4 nitrogen and oxygen atoms in total. The quantitative estimate of drug-likeness (QED) is 0.919. The van der Waals surface area contributed by atoms with Gasteiger partial charge in [-0.25, -0.2) is 9.97 Å². The highest BCUT2D eigenvalue weighted by Crippen LogP contribution is 2.29. The number of ether oxygens (including phenoxy) is 1. The van der Waals surface area contributed by atoms with Crippen molar-refractivity contribution in [1.29, 1.82) is 0 Å². The summed E-state index contributed by atoms with van der Waals surface area (Å²) in [6.07, 6.45) is 5.81. The van der Waals surface area contributed by atoms with E-state index in [1.54, 1.807) is 6.33 Å². The fourth-order valence-corrected chi connectivity index (χ4v) is 2.66. The predicted octanol–water partition coefficient (Wildman–Crippen LogP) is 2.56. The Labute approximate surface area is 112 Å². The zero-order chi connectivity index (χ0) is 13.1. The first-order valence-electron chi connectivity index (χ1n) is 6.84. The van der Waals surface area contributed by atoms with Crippen molar-refractivity contribution in [1.82, 2.24) is 9.97 Å². The molecule has 0 bridgehead atoms. The first-order chi connectivity index (χ1) is 9.36. The number of hydrogen-bond donors (Lipinski definition) is 1. The van der Waals surface area contributed by atoms with Crippen molar-refractivity contribution in [3.05, 3.63) is 30.6 Å². The molecule has 1 aliphatic rings. The lowest BCUT2D eigenvalue weighted by atomic mass is 9.88.